The summed E-state index contributed by atoms with van der Waals surface area (Å²) in [7, 11) is 3.26. The van der Waals surface area contributed by atoms with Gasteiger partial charge in [0.25, 0.3) is 0 Å². The fraction of sp³-hybridized carbons (Fsp3) is 0.125. The Labute approximate surface area is 125 Å². The fourth-order valence-electron chi connectivity index (χ4n) is 2.28. The van der Waals surface area contributed by atoms with Crippen LogP contribution < -0.4 is 9.47 Å². The zero-order chi connectivity index (χ0) is 14.1. The van der Waals surface area contributed by atoms with Crippen LogP contribution in [0, 0.1) is 0 Å². The van der Waals surface area contributed by atoms with Crippen molar-refractivity contribution in [3.63, 3.8) is 0 Å². The summed E-state index contributed by atoms with van der Waals surface area (Å²) in [5, 5.41) is 0.936. The molecule has 0 N–H and O–H groups in total. The lowest BCUT2D eigenvalue weighted by Gasteiger charge is -2.07. The molecule has 20 heavy (non-hydrogen) atoms. The van der Waals surface area contributed by atoms with Crippen LogP contribution >= 0.6 is 15.9 Å². The predicted octanol–water partition coefficient (Wildman–Crippen LogP) is 4.88. The first-order chi connectivity index (χ1) is 9.74. The first-order valence-electron chi connectivity index (χ1n) is 6.14. The molecule has 2 aromatic carbocycles. The van der Waals surface area contributed by atoms with Crippen molar-refractivity contribution in [2.75, 3.05) is 14.2 Å². The molecule has 3 aromatic rings. The number of furan rings is 1. The van der Waals surface area contributed by atoms with Gasteiger partial charge in [0, 0.05) is 17.7 Å². The van der Waals surface area contributed by atoms with Crippen molar-refractivity contribution in [2.45, 2.75) is 0 Å². The van der Waals surface area contributed by atoms with Crippen molar-refractivity contribution in [3.05, 3.63) is 47.1 Å². The lowest BCUT2D eigenvalue weighted by molar-refractivity contribution is 0.397. The van der Waals surface area contributed by atoms with Crippen LogP contribution in [0.25, 0.3) is 22.1 Å². The van der Waals surface area contributed by atoms with Crippen molar-refractivity contribution < 1.29 is 13.9 Å². The van der Waals surface area contributed by atoms with Gasteiger partial charge in [-0.3, -0.25) is 0 Å². The molecule has 3 rings (SSSR count). The Bertz CT molecular complexity index is 747. The second-order valence-corrected chi connectivity index (χ2v) is 5.04. The lowest BCUT2D eigenvalue weighted by atomic mass is 10.0. The van der Waals surface area contributed by atoms with Crippen LogP contribution in [0.15, 0.2) is 51.6 Å². The Morgan fingerprint density at radius 2 is 1.75 bits per heavy atom. The second kappa shape index (κ2) is 5.21. The van der Waals surface area contributed by atoms with Gasteiger partial charge in [0.2, 0.25) is 0 Å². The molecule has 0 aliphatic heterocycles. The second-order valence-electron chi connectivity index (χ2n) is 4.32. The summed E-state index contributed by atoms with van der Waals surface area (Å²) in [5.74, 6) is 1.43. The van der Waals surface area contributed by atoms with Crippen molar-refractivity contribution in [1.82, 2.24) is 0 Å². The van der Waals surface area contributed by atoms with Gasteiger partial charge in [-0.25, -0.2) is 0 Å². The molecule has 1 heterocycles. The number of benzene rings is 2. The van der Waals surface area contributed by atoms with Gasteiger partial charge in [-0.2, -0.15) is 0 Å². The van der Waals surface area contributed by atoms with Crippen LogP contribution in [0.5, 0.6) is 11.5 Å². The van der Waals surface area contributed by atoms with Crippen LogP contribution in [0.4, 0.5) is 0 Å². The van der Waals surface area contributed by atoms with Crippen molar-refractivity contribution in [1.29, 1.82) is 0 Å². The Morgan fingerprint density at radius 3 is 2.40 bits per heavy atom. The maximum absolute atomic E-state index is 5.80. The SMILES string of the molecule is COc1cc(OC)c2c(-c3ccccc3)c(Br)oc2c1. The van der Waals surface area contributed by atoms with E-state index < -0.39 is 0 Å². The average molecular weight is 333 g/mol. The molecule has 0 spiro atoms. The third-order valence-corrected chi connectivity index (χ3v) is 3.76. The number of halogens is 1. The molecule has 0 amide bonds. The van der Waals surface area contributed by atoms with E-state index in [4.69, 9.17) is 13.9 Å². The van der Waals surface area contributed by atoms with Gasteiger partial charge < -0.3 is 13.9 Å². The lowest BCUT2D eigenvalue weighted by Crippen LogP contribution is -1.88. The minimum atomic E-state index is 0.685. The first-order valence-corrected chi connectivity index (χ1v) is 6.93. The first kappa shape index (κ1) is 13.1. The summed E-state index contributed by atoms with van der Waals surface area (Å²) in [6.45, 7) is 0. The highest BCUT2D eigenvalue weighted by Gasteiger charge is 2.19. The number of hydrogen-bond acceptors (Lipinski definition) is 3. The summed E-state index contributed by atoms with van der Waals surface area (Å²) in [6, 6.07) is 13.8. The molecule has 0 fully saturated rings. The van der Waals surface area contributed by atoms with E-state index in [0.717, 1.165) is 27.8 Å². The van der Waals surface area contributed by atoms with Crippen molar-refractivity contribution in [2.24, 2.45) is 0 Å². The Kier molecular flexibility index (Phi) is 3.40. The Morgan fingerprint density at radius 1 is 1.00 bits per heavy atom. The molecule has 0 atom stereocenters. The number of methoxy groups -OCH3 is 2. The van der Waals surface area contributed by atoms with E-state index in [9.17, 15) is 0 Å². The largest absolute Gasteiger partial charge is 0.496 e. The van der Waals surface area contributed by atoms with E-state index in [1.165, 1.54) is 0 Å². The number of fused-ring (bicyclic) bond motifs is 1. The van der Waals surface area contributed by atoms with Crippen LogP contribution in [0.2, 0.25) is 0 Å². The van der Waals surface area contributed by atoms with Gasteiger partial charge in [0.1, 0.15) is 17.1 Å². The maximum Gasteiger partial charge on any atom is 0.178 e. The smallest absolute Gasteiger partial charge is 0.178 e. The van der Waals surface area contributed by atoms with Gasteiger partial charge in [-0.05, 0) is 21.5 Å². The summed E-state index contributed by atoms with van der Waals surface area (Å²) < 4.78 is 17.2. The highest BCUT2D eigenvalue weighted by molar-refractivity contribution is 9.10. The van der Waals surface area contributed by atoms with E-state index in [2.05, 4.69) is 15.9 Å². The van der Waals surface area contributed by atoms with Crippen LogP contribution in [-0.4, -0.2) is 14.2 Å². The fourth-order valence-corrected chi connectivity index (χ4v) is 2.88. The Hall–Kier alpha value is -1.94. The minimum absolute atomic E-state index is 0.685. The van der Waals surface area contributed by atoms with E-state index in [1.54, 1.807) is 14.2 Å². The van der Waals surface area contributed by atoms with Gasteiger partial charge in [0.15, 0.2) is 4.67 Å². The molecule has 0 aliphatic carbocycles. The average Bonchev–Trinajstić information content (AvgIpc) is 2.82. The minimum Gasteiger partial charge on any atom is -0.496 e. The molecule has 0 bridgehead atoms. The monoisotopic (exact) mass is 332 g/mol. The molecule has 4 heteroatoms. The van der Waals surface area contributed by atoms with Crippen LogP contribution in [0.3, 0.4) is 0 Å². The zero-order valence-electron chi connectivity index (χ0n) is 11.1. The Balaban J connectivity index is 2.35. The van der Waals surface area contributed by atoms with E-state index in [1.807, 2.05) is 42.5 Å². The molecule has 102 valence electrons. The van der Waals surface area contributed by atoms with Crippen molar-refractivity contribution in [3.8, 4) is 22.6 Å². The summed E-state index contributed by atoms with van der Waals surface area (Å²) in [6.07, 6.45) is 0. The highest BCUT2D eigenvalue weighted by atomic mass is 79.9. The molecule has 1 aromatic heterocycles. The molecular formula is C16H13BrO3. The standard InChI is InChI=1S/C16H13BrO3/c1-18-11-8-12(19-2)15-13(9-11)20-16(17)14(15)10-6-4-3-5-7-10/h3-9H,1-2H3. The summed E-state index contributed by atoms with van der Waals surface area (Å²) >= 11 is 3.49. The van der Waals surface area contributed by atoms with Gasteiger partial charge in [-0.15, -0.1) is 0 Å². The summed E-state index contributed by atoms with van der Waals surface area (Å²) in [5.41, 5.74) is 2.79. The molecule has 0 saturated heterocycles. The third-order valence-electron chi connectivity index (χ3n) is 3.20. The number of rotatable bonds is 3. The quantitative estimate of drug-likeness (QED) is 0.685. The molecule has 0 radical (unpaired) electrons. The van der Waals surface area contributed by atoms with Gasteiger partial charge in [-0.1, -0.05) is 30.3 Å². The topological polar surface area (TPSA) is 31.6 Å². The van der Waals surface area contributed by atoms with E-state index >= 15 is 0 Å². The third kappa shape index (κ3) is 2.06. The highest BCUT2D eigenvalue weighted by Crippen LogP contribution is 2.44. The molecule has 3 nitrogen and oxygen atoms in total. The van der Waals surface area contributed by atoms with Crippen molar-refractivity contribution >= 4 is 26.9 Å². The van der Waals surface area contributed by atoms with Gasteiger partial charge >= 0.3 is 0 Å². The van der Waals surface area contributed by atoms with E-state index in [-0.39, 0.29) is 0 Å². The zero-order valence-corrected chi connectivity index (χ0v) is 12.7. The van der Waals surface area contributed by atoms with Crippen LogP contribution in [0.1, 0.15) is 0 Å². The summed E-state index contributed by atoms with van der Waals surface area (Å²) in [4.78, 5) is 0. The number of hydrogen-bond donors (Lipinski definition) is 0. The predicted molar refractivity (Wildman–Crippen MR) is 82.5 cm³/mol. The van der Waals surface area contributed by atoms with Crippen LogP contribution in [-0.2, 0) is 0 Å². The number of ether oxygens (including phenoxy) is 2. The molecule has 0 unspecified atom stereocenters. The maximum atomic E-state index is 5.80. The van der Waals surface area contributed by atoms with Gasteiger partial charge in [0.05, 0.1) is 19.6 Å². The van der Waals surface area contributed by atoms with E-state index in [0.29, 0.717) is 10.4 Å². The normalized spacial score (nSPS) is 10.8. The molecular weight excluding hydrogens is 320 g/mol. The molecule has 0 aliphatic rings. The molecule has 0 saturated carbocycles.